The Kier molecular flexibility index (Phi) is 15.4. The molecule has 0 aliphatic rings. The molecule has 12 heteroatoms. The number of ketones is 1. The molecule has 0 bridgehead atoms. The lowest BCUT2D eigenvalue weighted by Gasteiger charge is -2.37. The van der Waals surface area contributed by atoms with Gasteiger partial charge in [0.1, 0.15) is 5.78 Å². The summed E-state index contributed by atoms with van der Waals surface area (Å²) in [6.45, 7) is 27.1. The minimum atomic E-state index is -1.84. The summed E-state index contributed by atoms with van der Waals surface area (Å²) in [4.78, 5) is 11.4. The van der Waals surface area contributed by atoms with Crippen molar-refractivity contribution < 1.29 is 28.8 Å². The van der Waals surface area contributed by atoms with Crippen LogP contribution in [0.2, 0.25) is 49.9 Å². The smallest absolute Gasteiger partial charge is 0.374 e. The number of carbonyl (C=O) groups excluding carboxylic acids is 1. The average molecular weight is 506 g/mol. The molecule has 8 nitrogen and oxygen atoms in total. The predicted octanol–water partition coefficient (Wildman–Crippen LogP) is 2.73. The maximum Gasteiger partial charge on any atom is 0.374 e. The molecule has 0 aliphatic heterocycles. The van der Waals surface area contributed by atoms with Crippen molar-refractivity contribution in [2.75, 3.05) is 19.8 Å². The van der Waals surface area contributed by atoms with Crippen LogP contribution in [0.15, 0.2) is 0 Å². The zero-order valence-corrected chi connectivity index (χ0v) is 25.5. The molecule has 0 spiro atoms. The third-order valence-corrected chi connectivity index (χ3v) is 15.5. The topological polar surface area (TPSA) is 120 Å². The lowest BCUT2D eigenvalue weighted by molar-refractivity contribution is -0.119. The summed E-state index contributed by atoms with van der Waals surface area (Å²) >= 11 is 0. The molecule has 0 saturated carbocycles. The van der Waals surface area contributed by atoms with E-state index in [4.69, 9.17) is 14.0 Å². The zero-order chi connectivity index (χ0) is 26.8. The van der Waals surface area contributed by atoms with E-state index in [1.165, 1.54) is 6.92 Å². The molecule has 196 valence electrons. The highest BCUT2D eigenvalue weighted by molar-refractivity contribution is 6.74. The Balaban J connectivity index is 0. The number of aliphatic hydroxyl groups is 1. The zero-order valence-electron chi connectivity index (χ0n) is 23.5. The SMILES string of the molecule is CB(O)N[C@@H](CO)CO[Si](C)(C)C(C)(C)C.CB(O)N[C@H](CO[Si](C)(C)C(C)(C)C)C(C)=O. The number of rotatable bonds is 12. The minimum absolute atomic E-state index is 0.00962. The van der Waals surface area contributed by atoms with Crippen LogP contribution in [0.25, 0.3) is 0 Å². The molecule has 0 heterocycles. The standard InChI is InChI=1S/C11H26BNO3Si.C10H26BNO3Si/c1-9(14)10(13-12(5)15)8-16-17(6,7)11(2,3)4;1-10(2,3)16(5,6)15-8-9(7-13)12-11(4)14/h10,13,15H,8H2,1-7H3;9,12-14H,7-8H2,1-6H3/t10-;9-/m10/s1. The summed E-state index contributed by atoms with van der Waals surface area (Å²) in [5.74, 6) is -0.00962. The highest BCUT2D eigenvalue weighted by Gasteiger charge is 2.38. The van der Waals surface area contributed by atoms with Crippen molar-refractivity contribution >= 4 is 36.5 Å². The molecule has 33 heavy (non-hydrogen) atoms. The van der Waals surface area contributed by atoms with Gasteiger partial charge in [-0.25, -0.2) is 0 Å². The Morgan fingerprint density at radius 3 is 1.48 bits per heavy atom. The Labute approximate surface area is 206 Å². The fraction of sp³-hybridized carbons (Fsp3) is 0.952. The van der Waals surface area contributed by atoms with Gasteiger partial charge in [-0.1, -0.05) is 41.5 Å². The van der Waals surface area contributed by atoms with Gasteiger partial charge < -0.3 is 34.5 Å². The number of carbonyl (C=O) groups is 1. The van der Waals surface area contributed by atoms with Gasteiger partial charge in [-0.05, 0) is 56.8 Å². The van der Waals surface area contributed by atoms with Crippen molar-refractivity contribution in [1.29, 1.82) is 0 Å². The molecule has 0 amide bonds. The molecular weight excluding hydrogens is 454 g/mol. The number of hydrogen-bond acceptors (Lipinski definition) is 8. The highest BCUT2D eigenvalue weighted by atomic mass is 28.4. The normalized spacial score (nSPS) is 14.8. The second-order valence-electron chi connectivity index (χ2n) is 11.9. The third-order valence-electron chi connectivity index (χ3n) is 6.50. The van der Waals surface area contributed by atoms with Crippen molar-refractivity contribution in [3.63, 3.8) is 0 Å². The number of Topliss-reactive ketones (excluding diaryl/α,β-unsaturated/α-hetero) is 1. The first-order chi connectivity index (χ1) is 14.6. The molecule has 0 radical (unpaired) electrons. The second-order valence-corrected chi connectivity index (χ2v) is 21.5. The molecule has 0 unspecified atom stereocenters. The van der Waals surface area contributed by atoms with Crippen molar-refractivity contribution in [2.24, 2.45) is 0 Å². The van der Waals surface area contributed by atoms with E-state index in [0.29, 0.717) is 13.2 Å². The van der Waals surface area contributed by atoms with Crippen LogP contribution in [0, 0.1) is 0 Å². The fourth-order valence-electron chi connectivity index (χ4n) is 2.10. The summed E-state index contributed by atoms with van der Waals surface area (Å²) < 4.78 is 11.9. The van der Waals surface area contributed by atoms with E-state index < -0.39 is 36.8 Å². The molecule has 0 aliphatic carbocycles. The number of hydrogen-bond donors (Lipinski definition) is 5. The van der Waals surface area contributed by atoms with Crippen LogP contribution in [0.1, 0.15) is 48.5 Å². The minimum Gasteiger partial charge on any atom is -0.437 e. The summed E-state index contributed by atoms with van der Waals surface area (Å²) in [5, 5.41) is 33.5. The molecule has 2 atom stereocenters. The van der Waals surface area contributed by atoms with Gasteiger partial charge in [0.15, 0.2) is 16.6 Å². The molecule has 0 saturated heterocycles. The number of aliphatic hydroxyl groups excluding tert-OH is 1. The Bertz CT molecular complexity index is 568. The van der Waals surface area contributed by atoms with Crippen molar-refractivity contribution in [2.45, 2.75) is 110 Å². The van der Waals surface area contributed by atoms with Gasteiger partial charge in [0.2, 0.25) is 0 Å². The Hall–Kier alpha value is -0.0464. The maximum atomic E-state index is 11.4. The Morgan fingerprint density at radius 1 is 0.848 bits per heavy atom. The predicted molar refractivity (Wildman–Crippen MR) is 146 cm³/mol. The van der Waals surface area contributed by atoms with Gasteiger partial charge in [0.25, 0.3) is 0 Å². The van der Waals surface area contributed by atoms with Gasteiger partial charge in [0.05, 0.1) is 25.9 Å². The van der Waals surface area contributed by atoms with E-state index in [2.05, 4.69) is 78.2 Å². The summed E-state index contributed by atoms with van der Waals surface area (Å²) in [6.07, 6.45) is 0. The first-order valence-corrected chi connectivity index (χ1v) is 17.7. The van der Waals surface area contributed by atoms with Crippen LogP contribution in [-0.2, 0) is 13.6 Å². The van der Waals surface area contributed by atoms with Crippen LogP contribution in [-0.4, -0.2) is 83.6 Å². The maximum absolute atomic E-state index is 11.4. The van der Waals surface area contributed by atoms with Crippen LogP contribution in [0.3, 0.4) is 0 Å². The van der Waals surface area contributed by atoms with Gasteiger partial charge in [-0.2, -0.15) is 0 Å². The second kappa shape index (κ2) is 14.5. The fourth-order valence-corrected chi connectivity index (χ4v) is 4.17. The monoisotopic (exact) mass is 506 g/mol. The molecular formula is C21H52B2N2O6Si2. The third kappa shape index (κ3) is 14.8. The van der Waals surface area contributed by atoms with E-state index in [9.17, 15) is 14.8 Å². The van der Waals surface area contributed by atoms with Crippen LogP contribution in [0.5, 0.6) is 0 Å². The van der Waals surface area contributed by atoms with Crippen LogP contribution >= 0.6 is 0 Å². The Morgan fingerprint density at radius 2 is 1.21 bits per heavy atom. The summed E-state index contributed by atoms with van der Waals surface area (Å²) in [7, 11) is -4.93. The van der Waals surface area contributed by atoms with Crippen molar-refractivity contribution in [1.82, 2.24) is 10.5 Å². The van der Waals surface area contributed by atoms with E-state index in [0.717, 1.165) is 0 Å². The number of nitrogens with one attached hydrogen (secondary N) is 2. The average Bonchev–Trinajstić information content (AvgIpc) is 2.60. The van der Waals surface area contributed by atoms with E-state index in [1.807, 2.05) is 0 Å². The van der Waals surface area contributed by atoms with Gasteiger partial charge in [0, 0.05) is 6.04 Å². The summed E-state index contributed by atoms with van der Waals surface area (Å²) in [5.41, 5.74) is 0. The van der Waals surface area contributed by atoms with E-state index >= 15 is 0 Å². The van der Waals surface area contributed by atoms with Crippen molar-refractivity contribution in [3.8, 4) is 0 Å². The molecule has 0 aromatic carbocycles. The first kappa shape index (κ1) is 35.1. The molecule has 5 N–H and O–H groups in total. The van der Waals surface area contributed by atoms with Gasteiger partial charge in [-0.3, -0.25) is 4.79 Å². The summed E-state index contributed by atoms with van der Waals surface area (Å²) in [6, 6.07) is -0.627. The van der Waals surface area contributed by atoms with E-state index in [1.54, 1.807) is 13.6 Å². The molecule has 0 aromatic heterocycles. The van der Waals surface area contributed by atoms with Crippen molar-refractivity contribution in [3.05, 3.63) is 0 Å². The lowest BCUT2D eigenvalue weighted by Crippen LogP contribution is -2.50. The highest BCUT2D eigenvalue weighted by Crippen LogP contribution is 2.37. The van der Waals surface area contributed by atoms with Gasteiger partial charge >= 0.3 is 14.1 Å². The lowest BCUT2D eigenvalue weighted by atomic mass is 9.87. The molecule has 0 rings (SSSR count). The van der Waals surface area contributed by atoms with Crippen LogP contribution < -0.4 is 10.5 Å². The van der Waals surface area contributed by atoms with Crippen LogP contribution in [0.4, 0.5) is 0 Å². The first-order valence-electron chi connectivity index (χ1n) is 11.8. The molecule has 0 fully saturated rings. The molecule has 0 aromatic rings. The largest absolute Gasteiger partial charge is 0.437 e. The van der Waals surface area contributed by atoms with Gasteiger partial charge in [-0.15, -0.1) is 0 Å². The quantitative estimate of drug-likeness (QED) is 0.257. The van der Waals surface area contributed by atoms with E-state index in [-0.39, 0.29) is 28.5 Å².